The average molecular weight is 202 g/mol. The monoisotopic (exact) mass is 202 g/mol. The van der Waals surface area contributed by atoms with Gasteiger partial charge < -0.3 is 0 Å². The van der Waals surface area contributed by atoms with Gasteiger partial charge in [0.1, 0.15) is 5.78 Å². The van der Waals surface area contributed by atoms with Gasteiger partial charge in [0.15, 0.2) is 0 Å². The van der Waals surface area contributed by atoms with Gasteiger partial charge in [-0.05, 0) is 31.6 Å². The molecule has 0 unspecified atom stereocenters. The lowest BCUT2D eigenvalue weighted by molar-refractivity contribution is -0.138. The Morgan fingerprint density at radius 2 is 2.33 bits per heavy atom. The predicted molar refractivity (Wildman–Crippen MR) is 60.4 cm³/mol. The zero-order valence-corrected chi connectivity index (χ0v) is 9.38. The van der Waals surface area contributed by atoms with E-state index in [1.54, 1.807) is 0 Å². The maximum absolute atomic E-state index is 12.3. The summed E-state index contributed by atoms with van der Waals surface area (Å²) in [4.78, 5) is 12.3. The van der Waals surface area contributed by atoms with Crippen molar-refractivity contribution in [2.75, 3.05) is 0 Å². The topological polar surface area (TPSA) is 17.1 Å². The zero-order valence-electron chi connectivity index (χ0n) is 9.38. The summed E-state index contributed by atoms with van der Waals surface area (Å²) in [6.45, 7) is 6.35. The van der Waals surface area contributed by atoms with Crippen molar-refractivity contribution in [2.45, 2.75) is 39.0 Å². The van der Waals surface area contributed by atoms with Crippen molar-refractivity contribution in [3.63, 3.8) is 0 Å². The van der Waals surface area contributed by atoms with Gasteiger partial charge in [0.2, 0.25) is 0 Å². The number of carbonyl (C=O) groups is 1. The van der Waals surface area contributed by atoms with E-state index in [4.69, 9.17) is 0 Å². The fourth-order valence-electron chi connectivity index (χ4n) is 3.95. The van der Waals surface area contributed by atoms with Gasteiger partial charge in [-0.1, -0.05) is 31.2 Å². The van der Waals surface area contributed by atoms with E-state index in [-0.39, 0.29) is 10.8 Å². The van der Waals surface area contributed by atoms with Crippen LogP contribution in [0.4, 0.5) is 0 Å². The van der Waals surface area contributed by atoms with Crippen LogP contribution >= 0.6 is 0 Å². The van der Waals surface area contributed by atoms with E-state index >= 15 is 0 Å². The Bertz CT molecular complexity index is 379. The molecule has 1 nitrogen and oxygen atoms in total. The van der Waals surface area contributed by atoms with Crippen molar-refractivity contribution in [3.8, 4) is 0 Å². The third kappa shape index (κ3) is 0.965. The molecule has 0 N–H and O–H groups in total. The molecule has 0 saturated heterocycles. The van der Waals surface area contributed by atoms with Crippen LogP contribution in [0.1, 0.15) is 39.0 Å². The summed E-state index contributed by atoms with van der Waals surface area (Å²) in [7, 11) is 0. The number of hydrogen-bond donors (Lipinski definition) is 0. The first-order chi connectivity index (χ1) is 7.07. The second kappa shape index (κ2) is 2.63. The number of ketones is 1. The zero-order chi connectivity index (χ0) is 10.7. The molecule has 2 saturated carbocycles. The summed E-state index contributed by atoms with van der Waals surface area (Å²) in [6.07, 6.45) is 9.70. The number of fused-ring (bicyclic) bond motifs is 1. The molecule has 0 heterocycles. The van der Waals surface area contributed by atoms with Crippen LogP contribution in [-0.4, -0.2) is 5.78 Å². The van der Waals surface area contributed by atoms with E-state index < -0.39 is 0 Å². The molecule has 0 aliphatic heterocycles. The molecule has 0 aromatic rings. The Hall–Kier alpha value is -0.850. The minimum Gasteiger partial charge on any atom is -0.299 e. The molecular formula is C14H18O. The minimum absolute atomic E-state index is 0.0856. The number of rotatable bonds is 0. The van der Waals surface area contributed by atoms with Crippen molar-refractivity contribution in [1.82, 2.24) is 0 Å². The summed E-state index contributed by atoms with van der Waals surface area (Å²) in [5.74, 6) is 0.968. The number of allylic oxidation sites excluding steroid dienone is 3. The maximum Gasteiger partial charge on any atom is 0.140 e. The Morgan fingerprint density at radius 3 is 3.13 bits per heavy atom. The van der Waals surface area contributed by atoms with Crippen molar-refractivity contribution in [3.05, 3.63) is 24.3 Å². The van der Waals surface area contributed by atoms with Crippen LogP contribution in [0.15, 0.2) is 24.3 Å². The molecule has 3 aliphatic rings. The lowest BCUT2D eigenvalue weighted by Crippen LogP contribution is -2.47. The van der Waals surface area contributed by atoms with E-state index in [0.29, 0.717) is 11.7 Å². The van der Waals surface area contributed by atoms with Crippen LogP contribution in [0.3, 0.4) is 0 Å². The summed E-state index contributed by atoms with van der Waals surface area (Å²) < 4.78 is 0. The highest BCUT2D eigenvalue weighted by atomic mass is 16.1. The van der Waals surface area contributed by atoms with Gasteiger partial charge in [-0.2, -0.15) is 0 Å². The van der Waals surface area contributed by atoms with Crippen LogP contribution in [0.25, 0.3) is 0 Å². The van der Waals surface area contributed by atoms with Gasteiger partial charge in [-0.15, -0.1) is 0 Å². The van der Waals surface area contributed by atoms with Gasteiger partial charge in [0.05, 0.1) is 0 Å². The minimum atomic E-state index is -0.0856. The van der Waals surface area contributed by atoms with E-state index in [1.807, 2.05) is 0 Å². The number of Topliss-reactive ketones (excluding diaryl/α,β-unsaturated/α-hetero) is 1. The summed E-state index contributed by atoms with van der Waals surface area (Å²) in [5, 5.41) is 0. The molecular weight excluding hydrogens is 184 g/mol. The lowest BCUT2D eigenvalue weighted by atomic mass is 9.53. The molecule has 0 amide bonds. The smallest absolute Gasteiger partial charge is 0.140 e. The molecule has 0 radical (unpaired) electrons. The van der Waals surface area contributed by atoms with Gasteiger partial charge >= 0.3 is 0 Å². The van der Waals surface area contributed by atoms with Crippen LogP contribution in [0.2, 0.25) is 0 Å². The molecule has 15 heavy (non-hydrogen) atoms. The van der Waals surface area contributed by atoms with Crippen LogP contribution in [-0.2, 0) is 4.79 Å². The highest BCUT2D eigenvalue weighted by molar-refractivity contribution is 5.88. The highest BCUT2D eigenvalue weighted by Gasteiger charge is 2.59. The summed E-state index contributed by atoms with van der Waals surface area (Å²) >= 11 is 0. The van der Waals surface area contributed by atoms with Gasteiger partial charge in [0.25, 0.3) is 0 Å². The second-order valence-electron chi connectivity index (χ2n) is 5.79. The SMILES string of the molecule is C=C1C[C@@]23C=CCC[C@]2(C)C(=O)C[C@H]1C3. The number of carbonyl (C=O) groups excluding carboxylic acids is 1. The summed E-state index contributed by atoms with van der Waals surface area (Å²) in [5.41, 5.74) is 1.37. The Balaban J connectivity index is 2.16. The molecule has 1 spiro atoms. The predicted octanol–water partition coefficient (Wildman–Crippen LogP) is 3.27. The molecule has 2 fully saturated rings. The molecule has 80 valence electrons. The molecule has 1 heteroatoms. The van der Waals surface area contributed by atoms with Crippen molar-refractivity contribution >= 4 is 5.78 Å². The Kier molecular flexibility index (Phi) is 1.65. The largest absolute Gasteiger partial charge is 0.299 e. The lowest BCUT2D eigenvalue weighted by Gasteiger charge is -2.48. The van der Waals surface area contributed by atoms with Crippen molar-refractivity contribution in [1.29, 1.82) is 0 Å². The molecule has 3 rings (SSSR count). The van der Waals surface area contributed by atoms with Gasteiger partial charge in [-0.3, -0.25) is 4.79 Å². The third-order valence-electron chi connectivity index (χ3n) is 5.12. The number of hydrogen-bond acceptors (Lipinski definition) is 1. The van der Waals surface area contributed by atoms with Gasteiger partial charge in [-0.25, -0.2) is 0 Å². The molecule has 0 aromatic heterocycles. The third-order valence-corrected chi connectivity index (χ3v) is 5.12. The van der Waals surface area contributed by atoms with Crippen molar-refractivity contribution in [2.24, 2.45) is 16.7 Å². The van der Waals surface area contributed by atoms with E-state index in [9.17, 15) is 4.79 Å². The van der Waals surface area contributed by atoms with Crippen LogP contribution in [0, 0.1) is 16.7 Å². The quantitative estimate of drug-likeness (QED) is 0.551. The first-order valence-electron chi connectivity index (χ1n) is 5.96. The molecule has 2 bridgehead atoms. The first kappa shape index (κ1) is 9.38. The standard InChI is InChI=1S/C14H18O/c1-10-8-14-6-4-3-5-13(14,2)12(15)7-11(10)9-14/h4,6,11H,1,3,5,7-9H2,2H3/t11-,13+,14+/m0/s1. The Morgan fingerprint density at radius 1 is 1.53 bits per heavy atom. The fourth-order valence-corrected chi connectivity index (χ4v) is 3.95. The fraction of sp³-hybridized carbons (Fsp3) is 0.643. The van der Waals surface area contributed by atoms with Crippen LogP contribution < -0.4 is 0 Å². The van der Waals surface area contributed by atoms with E-state index in [2.05, 4.69) is 25.7 Å². The first-order valence-corrected chi connectivity index (χ1v) is 5.96. The second-order valence-corrected chi connectivity index (χ2v) is 5.79. The van der Waals surface area contributed by atoms with E-state index in [1.165, 1.54) is 12.0 Å². The average Bonchev–Trinajstić information content (AvgIpc) is 2.46. The maximum atomic E-state index is 12.3. The molecule has 0 aromatic carbocycles. The van der Waals surface area contributed by atoms with Crippen molar-refractivity contribution < 1.29 is 4.79 Å². The molecule has 3 aliphatic carbocycles. The Labute approximate surface area is 91.2 Å². The normalized spacial score (nSPS) is 48.2. The highest BCUT2D eigenvalue weighted by Crippen LogP contribution is 2.64. The summed E-state index contributed by atoms with van der Waals surface area (Å²) in [6, 6.07) is 0. The van der Waals surface area contributed by atoms with E-state index in [0.717, 1.165) is 25.7 Å². The van der Waals surface area contributed by atoms with Crippen LogP contribution in [0.5, 0.6) is 0 Å². The molecule has 3 atom stereocenters. The van der Waals surface area contributed by atoms with Gasteiger partial charge in [0, 0.05) is 17.3 Å².